The van der Waals surface area contributed by atoms with E-state index in [1.54, 1.807) is 42.3 Å². The maximum atomic E-state index is 15.0. The summed E-state index contributed by atoms with van der Waals surface area (Å²) < 4.78 is 27.3. The molecule has 0 spiro atoms. The van der Waals surface area contributed by atoms with Crippen LogP contribution in [-0.2, 0) is 11.8 Å². The average molecular weight is 525 g/mol. The highest BCUT2D eigenvalue weighted by Crippen LogP contribution is 2.31. The Labute approximate surface area is 218 Å². The van der Waals surface area contributed by atoms with Gasteiger partial charge in [0.2, 0.25) is 5.95 Å². The van der Waals surface area contributed by atoms with Crippen LogP contribution in [-0.4, -0.2) is 52.0 Å². The number of nitrogens with one attached hydrogen (secondary N) is 2. The Hall–Kier alpha value is -3.76. The lowest BCUT2D eigenvalue weighted by Gasteiger charge is -2.23. The van der Waals surface area contributed by atoms with Crippen molar-refractivity contribution >= 4 is 34.4 Å². The van der Waals surface area contributed by atoms with E-state index in [2.05, 4.69) is 25.7 Å². The van der Waals surface area contributed by atoms with Crippen molar-refractivity contribution in [2.24, 2.45) is 7.05 Å². The first-order valence-corrected chi connectivity index (χ1v) is 12.2. The molecule has 1 amide bonds. The summed E-state index contributed by atoms with van der Waals surface area (Å²) in [6.45, 7) is 1.34. The number of hydrogen-bond donors (Lipinski definition) is 2. The van der Waals surface area contributed by atoms with E-state index < -0.39 is 17.8 Å². The summed E-state index contributed by atoms with van der Waals surface area (Å²) in [5.74, 6) is -0.148. The number of aromatic nitrogens is 4. The van der Waals surface area contributed by atoms with E-state index >= 15 is 0 Å². The van der Waals surface area contributed by atoms with Crippen molar-refractivity contribution < 1.29 is 18.7 Å². The van der Waals surface area contributed by atoms with Crippen LogP contribution >= 0.6 is 11.6 Å². The number of fused-ring (bicyclic) bond motifs is 1. The van der Waals surface area contributed by atoms with Gasteiger partial charge in [0.25, 0.3) is 5.91 Å². The summed E-state index contributed by atoms with van der Waals surface area (Å²) in [5, 5.41) is 11.1. The molecule has 1 saturated heterocycles. The summed E-state index contributed by atoms with van der Waals surface area (Å²) in [6, 6.07) is 7.61. The molecule has 0 aliphatic carbocycles. The normalized spacial score (nSPS) is 14.9. The van der Waals surface area contributed by atoms with Crippen molar-refractivity contribution in [3.8, 4) is 5.75 Å². The van der Waals surface area contributed by atoms with Crippen molar-refractivity contribution in [2.75, 3.05) is 25.6 Å². The molecule has 0 radical (unpaired) electrons. The maximum Gasteiger partial charge on any atom is 0.252 e. The molecule has 3 heterocycles. The number of aryl methyl sites for hydroxylation is 1. The van der Waals surface area contributed by atoms with Gasteiger partial charge in [-0.15, -0.1) is 0 Å². The lowest BCUT2D eigenvalue weighted by atomic mass is 10.0. The molecule has 0 bridgehead atoms. The molecule has 2 N–H and O–H groups in total. The second kappa shape index (κ2) is 10.7. The second-order valence-corrected chi connectivity index (χ2v) is 9.27. The number of hydrogen-bond acceptors (Lipinski definition) is 7. The fourth-order valence-electron chi connectivity index (χ4n) is 4.34. The minimum atomic E-state index is -0.584. The van der Waals surface area contributed by atoms with E-state index in [1.807, 2.05) is 6.07 Å². The smallest absolute Gasteiger partial charge is 0.252 e. The Kier molecular flexibility index (Phi) is 7.20. The molecule has 1 aliphatic rings. The van der Waals surface area contributed by atoms with Crippen LogP contribution in [0.15, 0.2) is 48.9 Å². The van der Waals surface area contributed by atoms with E-state index in [0.29, 0.717) is 35.5 Å². The van der Waals surface area contributed by atoms with Crippen LogP contribution in [0.25, 0.3) is 10.9 Å². The highest BCUT2D eigenvalue weighted by atomic mass is 35.5. The first-order chi connectivity index (χ1) is 17.9. The van der Waals surface area contributed by atoms with E-state index in [1.165, 1.54) is 19.4 Å². The topological polar surface area (TPSA) is 103 Å². The molecule has 5 rings (SSSR count). The maximum absolute atomic E-state index is 15.0. The third kappa shape index (κ3) is 5.50. The van der Waals surface area contributed by atoms with Crippen LogP contribution in [0.1, 0.15) is 40.4 Å². The summed E-state index contributed by atoms with van der Waals surface area (Å²) >= 11 is 6.36. The van der Waals surface area contributed by atoms with Crippen molar-refractivity contribution in [3.63, 3.8) is 0 Å². The Bertz CT molecular complexity index is 1440. The van der Waals surface area contributed by atoms with Gasteiger partial charge >= 0.3 is 0 Å². The van der Waals surface area contributed by atoms with Gasteiger partial charge in [-0.1, -0.05) is 17.7 Å². The number of carbonyl (C=O) groups excluding carboxylic acids is 1. The van der Waals surface area contributed by atoms with Gasteiger partial charge in [-0.25, -0.2) is 14.4 Å². The molecule has 9 nitrogen and oxygen atoms in total. The van der Waals surface area contributed by atoms with Crippen LogP contribution in [0.2, 0.25) is 5.02 Å². The fourth-order valence-corrected chi connectivity index (χ4v) is 4.61. The molecular formula is C26H26ClFN6O3. The van der Waals surface area contributed by atoms with Crippen molar-refractivity contribution in [1.29, 1.82) is 0 Å². The molecule has 1 unspecified atom stereocenters. The molecule has 1 fully saturated rings. The average Bonchev–Trinajstić information content (AvgIpc) is 3.33. The van der Waals surface area contributed by atoms with Crippen LogP contribution < -0.4 is 15.4 Å². The number of halogens is 2. The standard InChI is InChI=1S/C26H26ClFN6O3/c1-34-14-17(12-30-34)24(15-3-4-23(36-2)20(27)9-15)33-25(35)16-10-21(28)19-13-29-26(32-22(19)11-16)31-18-5-7-37-8-6-18/h3-4,9-14,18,24H,5-8H2,1-2H3,(H,33,35)(H,29,31,32). The van der Waals surface area contributed by atoms with Crippen LogP contribution in [0.4, 0.5) is 10.3 Å². The number of methoxy groups -OCH3 is 1. The SMILES string of the molecule is COc1ccc(C(NC(=O)c2cc(F)c3cnc(NC4CCOCC4)nc3c2)c2cnn(C)c2)cc1Cl. The number of benzene rings is 2. The van der Waals surface area contributed by atoms with Gasteiger partial charge in [0.1, 0.15) is 11.6 Å². The third-order valence-corrected chi connectivity index (χ3v) is 6.60. The molecule has 0 saturated carbocycles. The molecule has 1 aliphatic heterocycles. The second-order valence-electron chi connectivity index (χ2n) is 8.86. The molecule has 192 valence electrons. The van der Waals surface area contributed by atoms with Gasteiger partial charge in [0.15, 0.2) is 0 Å². The highest BCUT2D eigenvalue weighted by Gasteiger charge is 2.22. The molecule has 2 aromatic carbocycles. The molecular weight excluding hydrogens is 499 g/mol. The predicted molar refractivity (Wildman–Crippen MR) is 137 cm³/mol. The molecule has 11 heteroatoms. The Morgan fingerprint density at radius 1 is 1.22 bits per heavy atom. The number of nitrogens with zero attached hydrogens (tertiary/aromatic N) is 4. The molecule has 1 atom stereocenters. The highest BCUT2D eigenvalue weighted by molar-refractivity contribution is 6.32. The summed E-state index contributed by atoms with van der Waals surface area (Å²) in [4.78, 5) is 22.1. The zero-order chi connectivity index (χ0) is 25.9. The van der Waals surface area contributed by atoms with Crippen molar-refractivity contribution in [2.45, 2.75) is 24.9 Å². The Morgan fingerprint density at radius 2 is 2.03 bits per heavy atom. The summed E-state index contributed by atoms with van der Waals surface area (Å²) in [5.41, 5.74) is 1.93. The number of carbonyl (C=O) groups is 1. The van der Waals surface area contributed by atoms with E-state index in [-0.39, 0.29) is 17.0 Å². The minimum absolute atomic E-state index is 0.134. The number of anilines is 1. The number of ether oxygens (including phenoxy) is 2. The van der Waals surface area contributed by atoms with Gasteiger partial charge in [0.05, 0.1) is 35.3 Å². The van der Waals surface area contributed by atoms with E-state index in [9.17, 15) is 9.18 Å². The number of rotatable bonds is 7. The van der Waals surface area contributed by atoms with Crippen molar-refractivity contribution in [3.05, 3.63) is 76.5 Å². The fraction of sp³-hybridized carbons (Fsp3) is 0.308. The van der Waals surface area contributed by atoms with Crippen LogP contribution in [0, 0.1) is 5.82 Å². The zero-order valence-corrected chi connectivity index (χ0v) is 21.1. The first-order valence-electron chi connectivity index (χ1n) is 11.8. The van der Waals surface area contributed by atoms with Gasteiger partial charge in [-0.05, 0) is 42.7 Å². The number of amides is 1. The molecule has 37 heavy (non-hydrogen) atoms. The van der Waals surface area contributed by atoms with Gasteiger partial charge in [0, 0.05) is 49.8 Å². The van der Waals surface area contributed by atoms with E-state index in [4.69, 9.17) is 21.1 Å². The largest absolute Gasteiger partial charge is 0.495 e. The monoisotopic (exact) mass is 524 g/mol. The zero-order valence-electron chi connectivity index (χ0n) is 20.4. The van der Waals surface area contributed by atoms with Gasteiger partial charge in [-0.3, -0.25) is 9.48 Å². The molecule has 2 aromatic heterocycles. The van der Waals surface area contributed by atoms with Crippen LogP contribution in [0.3, 0.4) is 0 Å². The summed E-state index contributed by atoms with van der Waals surface area (Å²) in [7, 11) is 3.32. The predicted octanol–water partition coefficient (Wildman–Crippen LogP) is 4.27. The van der Waals surface area contributed by atoms with Crippen LogP contribution in [0.5, 0.6) is 5.75 Å². The third-order valence-electron chi connectivity index (χ3n) is 6.31. The molecule has 4 aromatic rings. The van der Waals surface area contributed by atoms with E-state index in [0.717, 1.165) is 24.0 Å². The minimum Gasteiger partial charge on any atom is -0.495 e. The lowest BCUT2D eigenvalue weighted by Crippen LogP contribution is -2.29. The summed E-state index contributed by atoms with van der Waals surface area (Å²) in [6.07, 6.45) is 6.56. The quantitative estimate of drug-likeness (QED) is 0.372. The Morgan fingerprint density at radius 3 is 2.73 bits per heavy atom. The Balaban J connectivity index is 1.44. The first kappa shape index (κ1) is 24.9. The van der Waals surface area contributed by atoms with Gasteiger partial charge < -0.3 is 20.1 Å². The van der Waals surface area contributed by atoms with Crippen molar-refractivity contribution in [1.82, 2.24) is 25.1 Å². The van der Waals surface area contributed by atoms with Gasteiger partial charge in [-0.2, -0.15) is 5.10 Å². The lowest BCUT2D eigenvalue weighted by molar-refractivity contribution is 0.0903.